The Morgan fingerprint density at radius 1 is 1.58 bits per heavy atom. The van der Waals surface area contributed by atoms with E-state index in [-0.39, 0.29) is 12.1 Å². The summed E-state index contributed by atoms with van der Waals surface area (Å²) in [4.78, 5) is 18.8. The van der Waals surface area contributed by atoms with Gasteiger partial charge in [-0.3, -0.25) is 4.68 Å². The lowest BCUT2D eigenvalue weighted by atomic mass is 9.97. The minimum atomic E-state index is -0.535. The molecule has 0 aliphatic carbocycles. The van der Waals surface area contributed by atoms with Crippen LogP contribution < -0.4 is 5.32 Å². The van der Waals surface area contributed by atoms with Crippen LogP contribution in [-0.2, 0) is 17.4 Å². The molecule has 1 N–H and O–H groups in total. The second kappa shape index (κ2) is 6.90. The highest BCUT2D eigenvalue weighted by Gasteiger charge is 2.37. The molecule has 2 amide bonds. The molecule has 2 aromatic rings. The lowest BCUT2D eigenvalue weighted by molar-refractivity contribution is -0.0909. The Bertz CT molecular complexity index is 686. The third-order valence-electron chi connectivity index (χ3n) is 4.33. The third kappa shape index (κ3) is 3.44. The van der Waals surface area contributed by atoms with Crippen LogP contribution in [0, 0.1) is 0 Å². The van der Waals surface area contributed by atoms with E-state index in [0.29, 0.717) is 19.7 Å². The van der Waals surface area contributed by atoms with Crippen LogP contribution >= 0.6 is 11.3 Å². The Hall–Kier alpha value is -1.93. The van der Waals surface area contributed by atoms with Crippen molar-refractivity contribution in [2.75, 3.05) is 19.7 Å². The summed E-state index contributed by atoms with van der Waals surface area (Å²) in [6.07, 6.45) is 6.31. The summed E-state index contributed by atoms with van der Waals surface area (Å²) in [7, 11) is 1.88. The second-order valence-corrected chi connectivity index (χ2v) is 7.11. The fourth-order valence-corrected chi connectivity index (χ4v) is 3.67. The lowest BCUT2D eigenvalue weighted by Crippen LogP contribution is -2.53. The number of morpholine rings is 1. The topological polar surface area (TPSA) is 72.3 Å². The number of urea groups is 1. The van der Waals surface area contributed by atoms with Gasteiger partial charge in [0.15, 0.2) is 0 Å². The van der Waals surface area contributed by atoms with Gasteiger partial charge >= 0.3 is 6.03 Å². The Labute approximate surface area is 145 Å². The van der Waals surface area contributed by atoms with E-state index in [4.69, 9.17) is 4.74 Å². The Balaban J connectivity index is 1.69. The molecule has 7 nitrogen and oxygen atoms in total. The van der Waals surface area contributed by atoms with Crippen LogP contribution in [0.15, 0.2) is 24.0 Å². The summed E-state index contributed by atoms with van der Waals surface area (Å²) in [6, 6.07) is -0.125. The molecule has 2 unspecified atom stereocenters. The number of aryl methyl sites for hydroxylation is 1. The molecule has 0 radical (unpaired) electrons. The van der Waals surface area contributed by atoms with Gasteiger partial charge in [0.05, 0.1) is 25.4 Å². The number of hydrogen-bond acceptors (Lipinski definition) is 5. The molecule has 0 bridgehead atoms. The quantitative estimate of drug-likeness (QED) is 0.919. The zero-order chi connectivity index (χ0) is 17.2. The molecule has 1 aliphatic heterocycles. The summed E-state index contributed by atoms with van der Waals surface area (Å²) in [5, 5.41) is 10.2. The van der Waals surface area contributed by atoms with Crippen molar-refractivity contribution in [3.8, 4) is 0 Å². The van der Waals surface area contributed by atoms with Gasteiger partial charge in [-0.05, 0) is 13.3 Å². The van der Waals surface area contributed by atoms with E-state index in [1.165, 1.54) is 0 Å². The van der Waals surface area contributed by atoms with Gasteiger partial charge in [-0.1, -0.05) is 6.92 Å². The molecule has 1 fully saturated rings. The van der Waals surface area contributed by atoms with Gasteiger partial charge in [0.25, 0.3) is 0 Å². The predicted molar refractivity (Wildman–Crippen MR) is 91.8 cm³/mol. The summed E-state index contributed by atoms with van der Waals surface area (Å²) in [5.41, 5.74) is 0.446. The Morgan fingerprint density at radius 2 is 2.42 bits per heavy atom. The zero-order valence-corrected chi connectivity index (χ0v) is 15.0. The highest BCUT2D eigenvalue weighted by molar-refractivity contribution is 7.09. The smallest absolute Gasteiger partial charge is 0.318 e. The summed E-state index contributed by atoms with van der Waals surface area (Å²) in [6.45, 7) is 5.63. The first-order valence-electron chi connectivity index (χ1n) is 8.10. The maximum atomic E-state index is 12.7. The maximum Gasteiger partial charge on any atom is 0.318 e. The second-order valence-electron chi connectivity index (χ2n) is 6.18. The van der Waals surface area contributed by atoms with Crippen molar-refractivity contribution in [1.29, 1.82) is 0 Å². The number of carbonyl (C=O) groups is 1. The number of amides is 2. The van der Waals surface area contributed by atoms with Crippen LogP contribution in [0.25, 0.3) is 0 Å². The average Bonchev–Trinajstić information content (AvgIpc) is 3.24. The first kappa shape index (κ1) is 16.9. The van der Waals surface area contributed by atoms with Crippen molar-refractivity contribution in [3.63, 3.8) is 0 Å². The molecule has 2 aromatic heterocycles. The molecule has 130 valence electrons. The van der Waals surface area contributed by atoms with Crippen LogP contribution in [-0.4, -0.2) is 45.4 Å². The van der Waals surface area contributed by atoms with Gasteiger partial charge in [0.1, 0.15) is 10.6 Å². The average molecular weight is 349 g/mol. The number of ether oxygens (including phenoxy) is 1. The Kier molecular flexibility index (Phi) is 4.86. The van der Waals surface area contributed by atoms with Crippen molar-refractivity contribution in [1.82, 2.24) is 25.0 Å². The van der Waals surface area contributed by atoms with E-state index >= 15 is 0 Å². The number of aromatic nitrogens is 3. The minimum Gasteiger partial charge on any atom is -0.367 e. The van der Waals surface area contributed by atoms with Gasteiger partial charge in [0, 0.05) is 36.9 Å². The van der Waals surface area contributed by atoms with Crippen LogP contribution in [0.3, 0.4) is 0 Å². The lowest BCUT2D eigenvalue weighted by Gasteiger charge is -2.40. The van der Waals surface area contributed by atoms with Gasteiger partial charge in [0.2, 0.25) is 0 Å². The standard InChI is InChI=1S/C16H23N5O2S/c1-4-13(14-17-5-8-24-14)19-15(22)21-6-7-23-16(2,11-21)12-9-18-20(3)10-12/h5,8-10,13H,4,6-7,11H2,1-3H3,(H,19,22). The highest BCUT2D eigenvalue weighted by Crippen LogP contribution is 2.29. The minimum absolute atomic E-state index is 0.0509. The molecule has 24 heavy (non-hydrogen) atoms. The van der Waals surface area contributed by atoms with Gasteiger partial charge in [-0.2, -0.15) is 5.10 Å². The first-order valence-corrected chi connectivity index (χ1v) is 8.97. The fraction of sp³-hybridized carbons (Fsp3) is 0.562. The van der Waals surface area contributed by atoms with Crippen LogP contribution in [0.1, 0.15) is 36.9 Å². The van der Waals surface area contributed by atoms with E-state index in [1.54, 1.807) is 28.4 Å². The molecule has 8 heteroatoms. The maximum absolute atomic E-state index is 12.7. The number of nitrogens with one attached hydrogen (secondary N) is 1. The molecule has 0 aromatic carbocycles. The zero-order valence-electron chi connectivity index (χ0n) is 14.2. The van der Waals surface area contributed by atoms with E-state index in [2.05, 4.69) is 15.4 Å². The monoisotopic (exact) mass is 349 g/mol. The first-order chi connectivity index (χ1) is 11.5. The predicted octanol–water partition coefficient (Wildman–Crippen LogP) is 2.28. The molecular formula is C16H23N5O2S. The summed E-state index contributed by atoms with van der Waals surface area (Å²) >= 11 is 1.56. The fourth-order valence-electron chi connectivity index (χ4n) is 2.90. The number of hydrogen-bond donors (Lipinski definition) is 1. The van der Waals surface area contributed by atoms with Gasteiger partial charge in [-0.15, -0.1) is 11.3 Å². The number of rotatable bonds is 4. The molecule has 0 spiro atoms. The molecule has 2 atom stereocenters. The molecular weight excluding hydrogens is 326 g/mol. The highest BCUT2D eigenvalue weighted by atomic mass is 32.1. The summed E-state index contributed by atoms with van der Waals surface area (Å²) in [5.74, 6) is 0. The SMILES string of the molecule is CCC(NC(=O)N1CCOC(C)(c2cnn(C)c2)C1)c1nccs1. The molecule has 3 heterocycles. The molecule has 1 aliphatic rings. The van der Waals surface area contributed by atoms with Crippen LogP contribution in [0.4, 0.5) is 4.79 Å². The summed E-state index contributed by atoms with van der Waals surface area (Å²) < 4.78 is 7.71. The van der Waals surface area contributed by atoms with E-state index in [0.717, 1.165) is 17.0 Å². The largest absolute Gasteiger partial charge is 0.367 e. The van der Waals surface area contributed by atoms with Crippen molar-refractivity contribution in [2.24, 2.45) is 7.05 Å². The number of thiazole rings is 1. The van der Waals surface area contributed by atoms with Gasteiger partial charge in [-0.25, -0.2) is 9.78 Å². The molecule has 3 rings (SSSR count). The normalized spacial score (nSPS) is 22.4. The van der Waals surface area contributed by atoms with E-state index < -0.39 is 5.60 Å². The van der Waals surface area contributed by atoms with Crippen molar-refractivity contribution < 1.29 is 9.53 Å². The molecule has 1 saturated heterocycles. The number of nitrogens with zero attached hydrogens (tertiary/aromatic N) is 4. The molecule has 0 saturated carbocycles. The number of carbonyl (C=O) groups excluding carboxylic acids is 1. The van der Waals surface area contributed by atoms with Crippen molar-refractivity contribution in [3.05, 3.63) is 34.5 Å². The van der Waals surface area contributed by atoms with Gasteiger partial charge < -0.3 is 15.0 Å². The van der Waals surface area contributed by atoms with Crippen molar-refractivity contribution >= 4 is 17.4 Å². The van der Waals surface area contributed by atoms with E-state index in [9.17, 15) is 4.79 Å². The van der Waals surface area contributed by atoms with Crippen LogP contribution in [0.5, 0.6) is 0 Å². The Morgan fingerprint density at radius 3 is 3.04 bits per heavy atom. The van der Waals surface area contributed by atoms with Crippen LogP contribution in [0.2, 0.25) is 0 Å². The van der Waals surface area contributed by atoms with Crippen molar-refractivity contribution in [2.45, 2.75) is 31.9 Å². The van der Waals surface area contributed by atoms with E-state index in [1.807, 2.05) is 37.4 Å². The third-order valence-corrected chi connectivity index (χ3v) is 5.22.